The zero-order valence-electron chi connectivity index (χ0n) is 10.5. The summed E-state index contributed by atoms with van der Waals surface area (Å²) in [5.41, 5.74) is 2.58. The van der Waals surface area contributed by atoms with Crippen LogP contribution < -0.4 is 0 Å². The highest BCUT2D eigenvalue weighted by Gasteiger charge is 2.11. The molecule has 1 heterocycles. The Bertz CT molecular complexity index is 581. The second-order valence-corrected chi connectivity index (χ2v) is 4.51. The average Bonchev–Trinajstić information content (AvgIpc) is 2.39. The van der Waals surface area contributed by atoms with Crippen LogP contribution in [0, 0.1) is 5.82 Å². The van der Waals surface area contributed by atoms with E-state index in [0.29, 0.717) is 0 Å². The first kappa shape index (κ1) is 13.2. The Balaban J connectivity index is 2.28. The molecular formula is C15H14FNO2. The van der Waals surface area contributed by atoms with E-state index in [0.717, 1.165) is 16.7 Å². The number of hydrogen-bond donors (Lipinski definition) is 1. The molecule has 0 amide bonds. The van der Waals surface area contributed by atoms with Gasteiger partial charge < -0.3 is 5.11 Å². The summed E-state index contributed by atoms with van der Waals surface area (Å²) in [4.78, 5) is 14.8. The highest BCUT2D eigenvalue weighted by molar-refractivity contribution is 5.68. The zero-order valence-corrected chi connectivity index (χ0v) is 10.5. The third-order valence-electron chi connectivity index (χ3n) is 2.99. The lowest BCUT2D eigenvalue weighted by Gasteiger charge is -2.10. The fraction of sp³-hybridized carbons (Fsp3) is 0.200. The number of nitrogens with zero attached hydrogens (tertiary/aromatic N) is 1. The summed E-state index contributed by atoms with van der Waals surface area (Å²) in [6.45, 7) is 1.85. The van der Waals surface area contributed by atoms with Gasteiger partial charge >= 0.3 is 5.97 Å². The lowest BCUT2D eigenvalue weighted by Crippen LogP contribution is -2.03. The number of carbonyl (C=O) groups is 1. The van der Waals surface area contributed by atoms with Crippen LogP contribution in [0.1, 0.15) is 24.8 Å². The molecule has 0 spiro atoms. The number of rotatable bonds is 4. The molecular weight excluding hydrogens is 245 g/mol. The highest BCUT2D eigenvalue weighted by Crippen LogP contribution is 2.24. The summed E-state index contributed by atoms with van der Waals surface area (Å²) in [6, 6.07) is 8.04. The van der Waals surface area contributed by atoms with Gasteiger partial charge in [0.2, 0.25) is 0 Å². The molecule has 1 aromatic heterocycles. The minimum Gasteiger partial charge on any atom is -0.481 e. The monoisotopic (exact) mass is 259 g/mol. The number of carboxylic acid groups (broad SMARTS) is 1. The van der Waals surface area contributed by atoms with Gasteiger partial charge in [-0.1, -0.05) is 19.1 Å². The maximum absolute atomic E-state index is 12.9. The molecule has 1 unspecified atom stereocenters. The number of hydrogen-bond acceptors (Lipinski definition) is 2. The molecule has 1 aromatic carbocycles. The summed E-state index contributed by atoms with van der Waals surface area (Å²) in [5, 5.41) is 8.80. The molecule has 0 radical (unpaired) electrons. The molecule has 19 heavy (non-hydrogen) atoms. The van der Waals surface area contributed by atoms with Crippen LogP contribution in [-0.4, -0.2) is 16.1 Å². The van der Waals surface area contributed by atoms with Crippen molar-refractivity contribution in [1.29, 1.82) is 0 Å². The third kappa shape index (κ3) is 3.37. The Labute approximate surface area is 110 Å². The van der Waals surface area contributed by atoms with E-state index in [9.17, 15) is 9.18 Å². The number of carboxylic acids is 1. The summed E-state index contributed by atoms with van der Waals surface area (Å²) < 4.78 is 12.9. The molecule has 0 aliphatic heterocycles. The van der Waals surface area contributed by atoms with E-state index < -0.39 is 5.97 Å². The minimum absolute atomic E-state index is 0.0640. The standard InChI is InChI=1S/C15H14FNO2/c1-10(6-15(18)19)12-7-13(9-17-8-12)11-2-4-14(16)5-3-11/h2-5,7-10H,6H2,1H3,(H,18,19). The third-order valence-corrected chi connectivity index (χ3v) is 2.99. The van der Waals surface area contributed by atoms with Gasteiger partial charge in [0.1, 0.15) is 5.82 Å². The summed E-state index contributed by atoms with van der Waals surface area (Å²) in [5.74, 6) is -1.22. The van der Waals surface area contributed by atoms with Crippen molar-refractivity contribution in [2.24, 2.45) is 0 Å². The van der Waals surface area contributed by atoms with Crippen LogP contribution >= 0.6 is 0 Å². The first-order valence-corrected chi connectivity index (χ1v) is 5.99. The normalized spacial score (nSPS) is 12.1. The fourth-order valence-corrected chi connectivity index (χ4v) is 1.91. The topological polar surface area (TPSA) is 50.2 Å². The molecule has 0 saturated heterocycles. The average molecular weight is 259 g/mol. The number of halogens is 1. The second-order valence-electron chi connectivity index (χ2n) is 4.51. The van der Waals surface area contributed by atoms with E-state index >= 15 is 0 Å². The Hall–Kier alpha value is -2.23. The smallest absolute Gasteiger partial charge is 0.303 e. The van der Waals surface area contributed by atoms with E-state index in [2.05, 4.69) is 4.98 Å². The van der Waals surface area contributed by atoms with Gasteiger partial charge in [-0.2, -0.15) is 0 Å². The summed E-state index contributed by atoms with van der Waals surface area (Å²) >= 11 is 0. The van der Waals surface area contributed by atoms with Crippen molar-refractivity contribution in [1.82, 2.24) is 4.98 Å². The Morgan fingerprint density at radius 2 is 1.95 bits per heavy atom. The number of pyridine rings is 1. The quantitative estimate of drug-likeness (QED) is 0.914. The molecule has 0 bridgehead atoms. The van der Waals surface area contributed by atoms with Gasteiger partial charge in [-0.15, -0.1) is 0 Å². The number of aromatic nitrogens is 1. The van der Waals surface area contributed by atoms with Crippen molar-refractivity contribution in [2.75, 3.05) is 0 Å². The van der Waals surface area contributed by atoms with Gasteiger partial charge in [0.05, 0.1) is 6.42 Å². The van der Waals surface area contributed by atoms with Crippen LogP contribution in [0.25, 0.3) is 11.1 Å². The number of benzene rings is 1. The van der Waals surface area contributed by atoms with Crippen molar-refractivity contribution in [3.63, 3.8) is 0 Å². The second kappa shape index (κ2) is 5.61. The van der Waals surface area contributed by atoms with Crippen molar-refractivity contribution in [3.8, 4) is 11.1 Å². The lowest BCUT2D eigenvalue weighted by molar-refractivity contribution is -0.137. The number of aliphatic carboxylic acids is 1. The van der Waals surface area contributed by atoms with Crippen LogP contribution in [0.15, 0.2) is 42.7 Å². The van der Waals surface area contributed by atoms with Gasteiger partial charge in [0, 0.05) is 18.0 Å². The largest absolute Gasteiger partial charge is 0.481 e. The van der Waals surface area contributed by atoms with Crippen molar-refractivity contribution >= 4 is 5.97 Å². The first-order chi connectivity index (χ1) is 9.06. The van der Waals surface area contributed by atoms with E-state index in [-0.39, 0.29) is 18.2 Å². The van der Waals surface area contributed by atoms with Crippen molar-refractivity contribution in [3.05, 3.63) is 54.1 Å². The maximum atomic E-state index is 12.9. The molecule has 0 aliphatic rings. The maximum Gasteiger partial charge on any atom is 0.303 e. The van der Waals surface area contributed by atoms with E-state index in [1.807, 2.05) is 13.0 Å². The predicted octanol–water partition coefficient (Wildman–Crippen LogP) is 3.47. The van der Waals surface area contributed by atoms with E-state index in [4.69, 9.17) is 5.11 Å². The van der Waals surface area contributed by atoms with Gasteiger partial charge in [-0.25, -0.2) is 4.39 Å². The van der Waals surface area contributed by atoms with Crippen LogP contribution in [-0.2, 0) is 4.79 Å². The van der Waals surface area contributed by atoms with E-state index in [1.54, 1.807) is 24.5 Å². The highest BCUT2D eigenvalue weighted by atomic mass is 19.1. The van der Waals surface area contributed by atoms with Crippen LogP contribution in [0.2, 0.25) is 0 Å². The molecule has 0 aliphatic carbocycles. The van der Waals surface area contributed by atoms with Gasteiger partial charge in [-0.05, 0) is 35.2 Å². The van der Waals surface area contributed by atoms with Crippen LogP contribution in [0.5, 0.6) is 0 Å². The summed E-state index contributed by atoms with van der Waals surface area (Å²) in [7, 11) is 0. The lowest BCUT2D eigenvalue weighted by atomic mass is 9.96. The molecule has 1 atom stereocenters. The van der Waals surface area contributed by atoms with Gasteiger partial charge in [-0.3, -0.25) is 9.78 Å². The molecule has 3 nitrogen and oxygen atoms in total. The van der Waals surface area contributed by atoms with Crippen molar-refractivity contribution < 1.29 is 14.3 Å². The SMILES string of the molecule is CC(CC(=O)O)c1cncc(-c2ccc(F)cc2)c1. The van der Waals surface area contributed by atoms with Crippen LogP contribution in [0.3, 0.4) is 0 Å². The Morgan fingerprint density at radius 3 is 2.58 bits per heavy atom. The molecule has 98 valence electrons. The summed E-state index contributed by atoms with van der Waals surface area (Å²) in [6.07, 6.45) is 3.42. The molecule has 1 N–H and O–H groups in total. The van der Waals surface area contributed by atoms with E-state index in [1.165, 1.54) is 12.1 Å². The fourth-order valence-electron chi connectivity index (χ4n) is 1.91. The molecule has 0 fully saturated rings. The minimum atomic E-state index is -0.834. The molecule has 2 rings (SSSR count). The van der Waals surface area contributed by atoms with Gasteiger partial charge in [0.15, 0.2) is 0 Å². The van der Waals surface area contributed by atoms with Gasteiger partial charge in [0.25, 0.3) is 0 Å². The Kier molecular flexibility index (Phi) is 3.90. The zero-order chi connectivity index (χ0) is 13.8. The molecule has 2 aromatic rings. The van der Waals surface area contributed by atoms with Crippen molar-refractivity contribution in [2.45, 2.75) is 19.3 Å². The predicted molar refractivity (Wildman–Crippen MR) is 70.3 cm³/mol. The van der Waals surface area contributed by atoms with Crippen LogP contribution in [0.4, 0.5) is 4.39 Å². The molecule has 0 saturated carbocycles. The Morgan fingerprint density at radius 1 is 1.26 bits per heavy atom. The molecule has 4 heteroatoms. The first-order valence-electron chi connectivity index (χ1n) is 5.99.